The van der Waals surface area contributed by atoms with Gasteiger partial charge in [-0.15, -0.1) is 24.3 Å². The maximum absolute atomic E-state index is 9.33. The van der Waals surface area contributed by atoms with Crippen LogP contribution >= 0.6 is 0 Å². The largest absolute Gasteiger partial charge is 0.554 e. The molecule has 0 amide bonds. The van der Waals surface area contributed by atoms with Crippen molar-refractivity contribution in [1.29, 1.82) is 0 Å². The molecule has 0 unspecified atom stereocenters. The minimum Gasteiger partial charge on any atom is -0.554 e. The van der Waals surface area contributed by atoms with Crippen molar-refractivity contribution in [3.05, 3.63) is 163 Å². The van der Waals surface area contributed by atoms with Gasteiger partial charge in [-0.3, -0.25) is 4.79 Å². The molecule has 0 aliphatic heterocycles. The van der Waals surface area contributed by atoms with Gasteiger partial charge in [0.25, 0.3) is 0 Å². The van der Waals surface area contributed by atoms with Gasteiger partial charge in [-0.2, -0.15) is 42.1 Å². The fourth-order valence-corrected chi connectivity index (χ4v) is 6.26. The fraction of sp³-hybridized carbons (Fsp3) is 0.0889. The molecule has 2 N–H and O–H groups in total. The number of hydrogen-bond donors (Lipinski definition) is 1. The van der Waals surface area contributed by atoms with Gasteiger partial charge in [-0.1, -0.05) is 113 Å². The van der Waals surface area contributed by atoms with Crippen LogP contribution in [-0.4, -0.2) is 59.9 Å². The maximum Gasteiger partial charge on any atom is 0.324 e. The first-order chi connectivity index (χ1) is 26.9. The molecule has 7 aromatic carbocycles. The predicted octanol–water partition coefficient (Wildman–Crippen LogP) is 9.30. The molecule has 11 heteroatoms. The zero-order valence-corrected chi connectivity index (χ0v) is 33.4. The summed E-state index contributed by atoms with van der Waals surface area (Å²) < 4.78 is 10.8. The number of ether oxygens (including phenoxy) is 2. The Labute approximate surface area is 337 Å². The van der Waals surface area contributed by atoms with E-state index >= 15 is 0 Å². The van der Waals surface area contributed by atoms with Crippen molar-refractivity contribution in [2.24, 2.45) is 0 Å². The minimum atomic E-state index is 0. The number of carbonyl (C=O) groups excluding carboxylic acids is 1. The van der Waals surface area contributed by atoms with Gasteiger partial charge in [0, 0.05) is 31.6 Å². The molecule has 0 spiro atoms. The van der Waals surface area contributed by atoms with Crippen LogP contribution in [0, 0.1) is 12.1 Å². The number of benzene rings is 7. The van der Waals surface area contributed by atoms with E-state index in [0.29, 0.717) is 5.57 Å². The summed E-state index contributed by atoms with van der Waals surface area (Å²) in [6, 6.07) is 51.1. The number of methoxy groups -OCH3 is 2. The van der Waals surface area contributed by atoms with Crippen molar-refractivity contribution >= 4 is 55.0 Å². The fourth-order valence-electron chi connectivity index (χ4n) is 6.26. The summed E-state index contributed by atoms with van der Waals surface area (Å²) in [6.07, 6.45) is 0. The molecular formula is C45H37IrN6O4-. The van der Waals surface area contributed by atoms with Crippen LogP contribution in [0.2, 0.25) is 0 Å². The number of aromatic nitrogens is 6. The molecule has 0 bridgehead atoms. The third-order valence-electron chi connectivity index (χ3n) is 8.77. The van der Waals surface area contributed by atoms with Crippen LogP contribution in [0.1, 0.15) is 19.4 Å². The Morgan fingerprint density at radius 2 is 0.875 bits per heavy atom. The van der Waals surface area contributed by atoms with Crippen molar-refractivity contribution in [1.82, 2.24) is 30.0 Å². The summed E-state index contributed by atoms with van der Waals surface area (Å²) in [5, 5.41) is 31.5. The molecule has 9 rings (SSSR count). The number of nitrogens with zero attached hydrogens (tertiary/aromatic N) is 6. The summed E-state index contributed by atoms with van der Waals surface area (Å²) in [5.74, 6) is 1.86. The SMILES string of the molecule is CC(=[OH+])/C(=C(/C)O)c1ccccc1.COc1c[c-]c(-n2nc3ccccc3n2)c2ccccc12.COc1c[c-]c(-n2nc3ccccc3n2)c2ccccc12.[Ir]. The zero-order chi connectivity index (χ0) is 38.3. The summed E-state index contributed by atoms with van der Waals surface area (Å²) in [5.41, 5.74) is 6.43. The topological polar surface area (TPSA) is 122 Å². The third kappa shape index (κ3) is 8.19. The number of ketones is 1. The normalized spacial score (nSPS) is 11.1. The number of aliphatic hydroxyl groups is 1. The number of fused-ring (bicyclic) bond motifs is 4. The molecule has 0 saturated carbocycles. The van der Waals surface area contributed by atoms with Crippen LogP contribution in [-0.2, 0) is 20.1 Å². The molecule has 1 radical (unpaired) electrons. The van der Waals surface area contributed by atoms with Crippen LogP contribution < -0.4 is 9.47 Å². The maximum atomic E-state index is 9.33. The average Bonchev–Trinajstić information content (AvgIpc) is 3.85. The van der Waals surface area contributed by atoms with E-state index in [-0.39, 0.29) is 31.6 Å². The van der Waals surface area contributed by atoms with Crippen LogP contribution in [0.15, 0.2) is 145 Å². The van der Waals surface area contributed by atoms with Gasteiger partial charge in [-0.05, 0) is 48.1 Å². The van der Waals surface area contributed by atoms with Crippen LogP contribution in [0.3, 0.4) is 0 Å². The van der Waals surface area contributed by atoms with Crippen LogP contribution in [0.5, 0.6) is 11.5 Å². The van der Waals surface area contributed by atoms with E-state index in [1.807, 2.05) is 140 Å². The van der Waals surface area contributed by atoms with E-state index in [4.69, 9.17) is 9.47 Å². The van der Waals surface area contributed by atoms with Crippen molar-refractivity contribution in [2.45, 2.75) is 13.8 Å². The second kappa shape index (κ2) is 17.6. The Hall–Kier alpha value is -6.68. The van der Waals surface area contributed by atoms with Crippen molar-refractivity contribution < 1.29 is 39.5 Å². The van der Waals surface area contributed by atoms with E-state index in [9.17, 15) is 9.90 Å². The molecule has 9 aromatic rings. The Morgan fingerprint density at radius 3 is 1.21 bits per heavy atom. The van der Waals surface area contributed by atoms with Gasteiger partial charge in [0.1, 0.15) is 33.4 Å². The molecule has 2 heterocycles. The third-order valence-corrected chi connectivity index (χ3v) is 8.77. The van der Waals surface area contributed by atoms with Crippen molar-refractivity contribution in [3.63, 3.8) is 0 Å². The quantitative estimate of drug-likeness (QED) is 0.0764. The van der Waals surface area contributed by atoms with Gasteiger partial charge >= 0.3 is 5.78 Å². The first-order valence-electron chi connectivity index (χ1n) is 17.4. The van der Waals surface area contributed by atoms with E-state index in [1.54, 1.807) is 37.7 Å². The van der Waals surface area contributed by atoms with E-state index in [0.717, 1.165) is 72.0 Å². The summed E-state index contributed by atoms with van der Waals surface area (Å²) in [6.45, 7) is 3.12. The van der Waals surface area contributed by atoms with Gasteiger partial charge in [0.05, 0.1) is 21.1 Å². The Bertz CT molecular complexity index is 2590. The van der Waals surface area contributed by atoms with Gasteiger partial charge in [0.15, 0.2) is 0 Å². The predicted molar refractivity (Wildman–Crippen MR) is 218 cm³/mol. The van der Waals surface area contributed by atoms with E-state index in [2.05, 4.69) is 32.5 Å². The van der Waals surface area contributed by atoms with Crippen LogP contribution in [0.25, 0.3) is 60.6 Å². The molecule has 2 aromatic heterocycles. The second-order valence-corrected chi connectivity index (χ2v) is 12.4. The van der Waals surface area contributed by atoms with Gasteiger partial charge < -0.3 is 14.6 Å². The number of rotatable bonds is 6. The Kier molecular flexibility index (Phi) is 12.3. The first-order valence-corrected chi connectivity index (χ1v) is 17.4. The molecule has 56 heavy (non-hydrogen) atoms. The molecule has 0 fully saturated rings. The van der Waals surface area contributed by atoms with Crippen molar-refractivity contribution in [3.8, 4) is 22.9 Å². The second-order valence-electron chi connectivity index (χ2n) is 12.4. The van der Waals surface area contributed by atoms with E-state index < -0.39 is 0 Å². The molecule has 0 aliphatic carbocycles. The number of hydrogen-bond acceptors (Lipinski definition) is 7. The molecule has 10 nitrogen and oxygen atoms in total. The standard InChI is InChI=1S/2C17H12N3O.C11H12O2.Ir/c2*1-21-17-11-10-16(12-6-2-3-7-13(12)17)20-18-14-8-4-5-9-15(14)19-20;1-8(12)11(9(2)13)10-6-4-3-5-7-10;/h2*2-9,11H,1H3;3-7,12H,1-2H3;/q2*-1;;/p+1/b;;11-8+;. The average molecular weight is 918 g/mol. The van der Waals surface area contributed by atoms with E-state index in [1.165, 1.54) is 0 Å². The molecule has 281 valence electrons. The number of aliphatic hydroxyl groups excluding tert-OH is 1. The molecule has 0 aliphatic rings. The smallest absolute Gasteiger partial charge is 0.324 e. The summed E-state index contributed by atoms with van der Waals surface area (Å²) >= 11 is 0. The Morgan fingerprint density at radius 1 is 0.536 bits per heavy atom. The molecular weight excluding hydrogens is 881 g/mol. The summed E-state index contributed by atoms with van der Waals surface area (Å²) in [4.78, 5) is 12.6. The number of allylic oxidation sites excluding steroid dienone is 2. The minimum absolute atomic E-state index is 0. The molecule has 0 atom stereocenters. The van der Waals surface area contributed by atoms with Crippen LogP contribution in [0.4, 0.5) is 0 Å². The van der Waals surface area contributed by atoms with Gasteiger partial charge in [0.2, 0.25) is 0 Å². The monoisotopic (exact) mass is 918 g/mol. The van der Waals surface area contributed by atoms with Gasteiger partial charge in [-0.25, -0.2) is 0 Å². The summed E-state index contributed by atoms with van der Waals surface area (Å²) in [7, 11) is 3.32. The Balaban J connectivity index is 0.000000146. The van der Waals surface area contributed by atoms with Crippen molar-refractivity contribution in [2.75, 3.05) is 14.2 Å². The first kappa shape index (κ1) is 39.0. The molecule has 0 saturated heterocycles. The zero-order valence-electron chi connectivity index (χ0n) is 31.0.